The van der Waals surface area contributed by atoms with Gasteiger partial charge in [-0.2, -0.15) is 4.31 Å². The molecule has 0 atom stereocenters. The SMILES string of the molecule is CCCCC(=O)N1CCN(S(=O)(=O)c2ccc(C(C)C)cc2)CC1. The van der Waals surface area contributed by atoms with Gasteiger partial charge in [0, 0.05) is 32.6 Å². The molecule has 0 bridgehead atoms. The summed E-state index contributed by atoms with van der Waals surface area (Å²) in [4.78, 5) is 14.2. The van der Waals surface area contributed by atoms with E-state index in [0.29, 0.717) is 43.4 Å². The number of hydrogen-bond acceptors (Lipinski definition) is 3. The normalized spacial score (nSPS) is 16.6. The fourth-order valence-corrected chi connectivity index (χ4v) is 4.26. The van der Waals surface area contributed by atoms with Gasteiger partial charge in [0.05, 0.1) is 4.90 Å². The van der Waals surface area contributed by atoms with E-state index in [9.17, 15) is 13.2 Å². The van der Waals surface area contributed by atoms with Gasteiger partial charge in [0.15, 0.2) is 0 Å². The molecule has 1 aromatic rings. The molecule has 5 nitrogen and oxygen atoms in total. The molecule has 1 aromatic carbocycles. The van der Waals surface area contributed by atoms with E-state index in [0.717, 1.165) is 18.4 Å². The molecule has 0 spiro atoms. The molecule has 1 heterocycles. The van der Waals surface area contributed by atoms with Crippen LogP contribution >= 0.6 is 0 Å². The summed E-state index contributed by atoms with van der Waals surface area (Å²) in [5.74, 6) is 0.509. The van der Waals surface area contributed by atoms with Crippen LogP contribution in [0.25, 0.3) is 0 Å². The van der Waals surface area contributed by atoms with Crippen molar-refractivity contribution in [2.75, 3.05) is 26.2 Å². The Bertz CT molecular complexity index is 645. The van der Waals surface area contributed by atoms with Crippen molar-refractivity contribution in [2.24, 2.45) is 0 Å². The highest BCUT2D eigenvalue weighted by molar-refractivity contribution is 7.89. The second-order valence-electron chi connectivity index (χ2n) is 6.61. The van der Waals surface area contributed by atoms with Crippen molar-refractivity contribution in [3.8, 4) is 0 Å². The molecule has 1 aliphatic rings. The Hall–Kier alpha value is -1.40. The Labute approximate surface area is 145 Å². The number of carbonyl (C=O) groups excluding carboxylic acids is 1. The lowest BCUT2D eigenvalue weighted by molar-refractivity contribution is -0.132. The summed E-state index contributed by atoms with van der Waals surface area (Å²) < 4.78 is 27.0. The first-order valence-corrected chi connectivity index (χ1v) is 10.2. The van der Waals surface area contributed by atoms with Crippen LogP contribution in [0.4, 0.5) is 0 Å². The minimum Gasteiger partial charge on any atom is -0.340 e. The van der Waals surface area contributed by atoms with Crippen molar-refractivity contribution in [3.05, 3.63) is 29.8 Å². The lowest BCUT2D eigenvalue weighted by atomic mass is 10.0. The van der Waals surface area contributed by atoms with Crippen LogP contribution in [0, 0.1) is 0 Å². The fraction of sp³-hybridized carbons (Fsp3) is 0.611. The number of piperazine rings is 1. The Morgan fingerprint density at radius 2 is 1.67 bits per heavy atom. The van der Waals surface area contributed by atoms with Crippen LogP contribution in [-0.4, -0.2) is 49.7 Å². The van der Waals surface area contributed by atoms with Gasteiger partial charge in [0.1, 0.15) is 0 Å². The number of benzene rings is 1. The maximum absolute atomic E-state index is 12.7. The lowest BCUT2D eigenvalue weighted by Gasteiger charge is -2.34. The Morgan fingerprint density at radius 3 is 2.17 bits per heavy atom. The van der Waals surface area contributed by atoms with E-state index in [1.54, 1.807) is 17.0 Å². The van der Waals surface area contributed by atoms with E-state index in [4.69, 9.17) is 0 Å². The summed E-state index contributed by atoms with van der Waals surface area (Å²) in [7, 11) is -3.48. The quantitative estimate of drug-likeness (QED) is 0.791. The van der Waals surface area contributed by atoms with Crippen molar-refractivity contribution >= 4 is 15.9 Å². The van der Waals surface area contributed by atoms with Gasteiger partial charge in [0.25, 0.3) is 0 Å². The lowest BCUT2D eigenvalue weighted by Crippen LogP contribution is -2.50. The Kier molecular flexibility index (Phi) is 6.40. The number of carbonyl (C=O) groups is 1. The van der Waals surface area contributed by atoms with Crippen molar-refractivity contribution in [1.29, 1.82) is 0 Å². The summed E-state index contributed by atoms with van der Waals surface area (Å²) in [6, 6.07) is 7.12. The number of nitrogens with zero attached hydrogens (tertiary/aromatic N) is 2. The van der Waals surface area contributed by atoms with E-state index in [2.05, 4.69) is 20.8 Å². The molecule has 6 heteroatoms. The van der Waals surface area contributed by atoms with Gasteiger partial charge >= 0.3 is 0 Å². The third kappa shape index (κ3) is 4.36. The highest BCUT2D eigenvalue weighted by Crippen LogP contribution is 2.21. The zero-order valence-electron chi connectivity index (χ0n) is 14.9. The van der Waals surface area contributed by atoms with Crippen LogP contribution in [0.15, 0.2) is 29.2 Å². The molecular weight excluding hydrogens is 324 g/mol. The molecule has 0 N–H and O–H groups in total. The van der Waals surface area contributed by atoms with Gasteiger partial charge in [-0.15, -0.1) is 0 Å². The second-order valence-corrected chi connectivity index (χ2v) is 8.55. The van der Waals surface area contributed by atoms with Crippen LogP contribution < -0.4 is 0 Å². The van der Waals surface area contributed by atoms with Gasteiger partial charge in [-0.25, -0.2) is 8.42 Å². The molecule has 0 radical (unpaired) electrons. The second kappa shape index (κ2) is 8.12. The molecule has 2 rings (SSSR count). The van der Waals surface area contributed by atoms with Crippen LogP contribution in [0.2, 0.25) is 0 Å². The number of hydrogen-bond donors (Lipinski definition) is 0. The highest BCUT2D eigenvalue weighted by atomic mass is 32.2. The molecule has 134 valence electrons. The van der Waals surface area contributed by atoms with Crippen LogP contribution in [0.3, 0.4) is 0 Å². The number of sulfonamides is 1. The number of amides is 1. The molecule has 1 saturated heterocycles. The van der Waals surface area contributed by atoms with E-state index < -0.39 is 10.0 Å². The van der Waals surface area contributed by atoms with Gasteiger partial charge in [0.2, 0.25) is 15.9 Å². The van der Waals surface area contributed by atoms with Gasteiger partial charge < -0.3 is 4.90 Å². The topological polar surface area (TPSA) is 57.7 Å². The first-order chi connectivity index (χ1) is 11.4. The van der Waals surface area contributed by atoms with Crippen molar-refractivity contribution in [2.45, 2.75) is 50.8 Å². The Morgan fingerprint density at radius 1 is 1.08 bits per heavy atom. The van der Waals surface area contributed by atoms with Crippen LogP contribution in [-0.2, 0) is 14.8 Å². The van der Waals surface area contributed by atoms with Crippen molar-refractivity contribution in [3.63, 3.8) is 0 Å². The highest BCUT2D eigenvalue weighted by Gasteiger charge is 2.29. The maximum atomic E-state index is 12.7. The minimum absolute atomic E-state index is 0.134. The predicted molar refractivity (Wildman–Crippen MR) is 95.4 cm³/mol. The third-order valence-corrected chi connectivity index (χ3v) is 6.43. The van der Waals surface area contributed by atoms with E-state index in [1.807, 2.05) is 12.1 Å². The van der Waals surface area contributed by atoms with Crippen LogP contribution in [0.5, 0.6) is 0 Å². The average molecular weight is 353 g/mol. The summed E-state index contributed by atoms with van der Waals surface area (Å²) >= 11 is 0. The third-order valence-electron chi connectivity index (χ3n) is 4.52. The summed E-state index contributed by atoms with van der Waals surface area (Å²) in [6.45, 7) is 7.91. The standard InChI is InChI=1S/C18H28N2O3S/c1-4-5-6-18(21)19-11-13-20(14-12-19)24(22,23)17-9-7-16(8-10-17)15(2)3/h7-10,15H,4-6,11-14H2,1-3H3. The smallest absolute Gasteiger partial charge is 0.243 e. The van der Waals surface area contributed by atoms with Gasteiger partial charge in [-0.05, 0) is 30.0 Å². The zero-order valence-corrected chi connectivity index (χ0v) is 15.7. The summed E-state index contributed by atoms with van der Waals surface area (Å²) in [5.41, 5.74) is 1.13. The molecule has 0 aromatic heterocycles. The molecular formula is C18H28N2O3S. The maximum Gasteiger partial charge on any atom is 0.243 e. The Balaban J connectivity index is 2.00. The first-order valence-electron chi connectivity index (χ1n) is 8.74. The van der Waals surface area contributed by atoms with Crippen molar-refractivity contribution < 1.29 is 13.2 Å². The number of rotatable bonds is 6. The molecule has 1 aliphatic heterocycles. The van der Waals surface area contributed by atoms with Crippen molar-refractivity contribution in [1.82, 2.24) is 9.21 Å². The predicted octanol–water partition coefficient (Wildman–Crippen LogP) is 2.83. The van der Waals surface area contributed by atoms with E-state index >= 15 is 0 Å². The van der Waals surface area contributed by atoms with E-state index in [1.165, 1.54) is 4.31 Å². The monoisotopic (exact) mass is 352 g/mol. The first kappa shape index (κ1) is 18.9. The molecule has 0 saturated carbocycles. The zero-order chi connectivity index (χ0) is 17.7. The minimum atomic E-state index is -3.48. The average Bonchev–Trinajstić information content (AvgIpc) is 2.59. The summed E-state index contributed by atoms with van der Waals surface area (Å²) in [5, 5.41) is 0. The van der Waals surface area contributed by atoms with E-state index in [-0.39, 0.29) is 5.91 Å². The molecule has 0 unspecified atom stereocenters. The number of unbranched alkanes of at least 4 members (excludes halogenated alkanes) is 1. The molecule has 24 heavy (non-hydrogen) atoms. The van der Waals surface area contributed by atoms with Gasteiger partial charge in [-0.1, -0.05) is 39.3 Å². The fourth-order valence-electron chi connectivity index (χ4n) is 2.84. The summed E-state index contributed by atoms with van der Waals surface area (Å²) in [6.07, 6.45) is 2.44. The molecule has 0 aliphatic carbocycles. The van der Waals surface area contributed by atoms with Gasteiger partial charge in [-0.3, -0.25) is 4.79 Å². The largest absolute Gasteiger partial charge is 0.340 e. The molecule has 1 amide bonds. The van der Waals surface area contributed by atoms with Crippen LogP contribution in [0.1, 0.15) is 51.5 Å². The molecule has 1 fully saturated rings.